The summed E-state index contributed by atoms with van der Waals surface area (Å²) >= 11 is 0. The predicted octanol–water partition coefficient (Wildman–Crippen LogP) is -0.705. The van der Waals surface area contributed by atoms with Crippen molar-refractivity contribution < 1.29 is 38.8 Å². The van der Waals surface area contributed by atoms with Crippen LogP contribution in [0.3, 0.4) is 0 Å². The van der Waals surface area contributed by atoms with Gasteiger partial charge >= 0.3 is 6.03 Å². The van der Waals surface area contributed by atoms with Gasteiger partial charge in [0.1, 0.15) is 24.1 Å². The Balaban J connectivity index is 1.41. The number of benzene rings is 1. The fourth-order valence-electron chi connectivity index (χ4n) is 6.34. The molecule has 4 N–H and O–H groups in total. The number of carbonyl (C=O) groups is 3. The molecular weight excluding hydrogens is 546 g/mol. The van der Waals surface area contributed by atoms with Crippen molar-refractivity contribution in [2.75, 3.05) is 46.4 Å². The van der Waals surface area contributed by atoms with E-state index in [1.807, 2.05) is 38.1 Å². The number of urea groups is 1. The van der Waals surface area contributed by atoms with E-state index >= 15 is 0 Å². The van der Waals surface area contributed by atoms with Crippen molar-refractivity contribution in [2.24, 2.45) is 0 Å². The summed E-state index contributed by atoms with van der Waals surface area (Å²) in [5.74, 6) is 0.351. The fraction of sp³-hybridized carbons (Fsp3) is 0.690. The van der Waals surface area contributed by atoms with Crippen molar-refractivity contribution in [3.05, 3.63) is 29.8 Å². The van der Waals surface area contributed by atoms with Crippen LogP contribution >= 0.6 is 0 Å². The van der Waals surface area contributed by atoms with E-state index in [4.69, 9.17) is 14.2 Å². The first-order chi connectivity index (χ1) is 20.1. The van der Waals surface area contributed by atoms with Crippen molar-refractivity contribution >= 4 is 17.8 Å². The molecule has 6 bridgehead atoms. The van der Waals surface area contributed by atoms with Crippen LogP contribution in [0.2, 0.25) is 0 Å². The monoisotopic (exact) mass is 589 g/mol. The number of aliphatic hydroxyl groups excluding tert-OH is 2. The van der Waals surface area contributed by atoms with Crippen LogP contribution < -0.4 is 15.4 Å². The Labute approximate surface area is 246 Å². The molecule has 1 aromatic rings. The van der Waals surface area contributed by atoms with Crippen LogP contribution in [0.15, 0.2) is 24.3 Å². The zero-order valence-corrected chi connectivity index (χ0v) is 24.5. The highest BCUT2D eigenvalue weighted by Crippen LogP contribution is 2.28. The van der Waals surface area contributed by atoms with Gasteiger partial charge in [-0.25, -0.2) is 4.79 Å². The number of nitrogens with one attached hydrogen (secondary N) is 2. The van der Waals surface area contributed by atoms with Gasteiger partial charge in [-0.3, -0.25) is 14.5 Å². The third-order valence-electron chi connectivity index (χ3n) is 8.40. The van der Waals surface area contributed by atoms with Crippen LogP contribution in [0.4, 0.5) is 4.79 Å². The quantitative estimate of drug-likeness (QED) is 0.357. The smallest absolute Gasteiger partial charge is 0.317 e. The lowest BCUT2D eigenvalue weighted by Gasteiger charge is -2.38. The Bertz CT molecular complexity index is 1140. The average Bonchev–Trinajstić information content (AvgIpc) is 3.46. The van der Waals surface area contributed by atoms with E-state index in [1.165, 1.54) is 4.90 Å². The number of aliphatic hydroxyl groups is 2. The van der Waals surface area contributed by atoms with Gasteiger partial charge in [0.25, 0.3) is 0 Å². The molecule has 13 nitrogen and oxygen atoms in total. The predicted molar refractivity (Wildman–Crippen MR) is 151 cm³/mol. The lowest BCUT2D eigenvalue weighted by Crippen LogP contribution is -2.56. The molecule has 13 heteroatoms. The zero-order valence-electron chi connectivity index (χ0n) is 24.5. The largest absolute Gasteiger partial charge is 0.497 e. The van der Waals surface area contributed by atoms with Gasteiger partial charge in [0, 0.05) is 38.3 Å². The topological polar surface area (TPSA) is 153 Å². The molecule has 232 valence electrons. The Kier molecular flexibility index (Phi) is 9.53. The third kappa shape index (κ3) is 6.97. The number of methoxy groups -OCH3 is 1. The summed E-state index contributed by atoms with van der Waals surface area (Å²) in [7, 11) is 1.61. The van der Waals surface area contributed by atoms with E-state index in [-0.39, 0.29) is 49.4 Å². The molecule has 1 aromatic carbocycles. The number of amides is 4. The van der Waals surface area contributed by atoms with Crippen molar-refractivity contribution in [3.8, 4) is 5.75 Å². The fourth-order valence-corrected chi connectivity index (χ4v) is 6.34. The highest BCUT2D eigenvalue weighted by molar-refractivity contribution is 5.83. The van der Waals surface area contributed by atoms with Crippen molar-refractivity contribution in [2.45, 2.75) is 81.9 Å². The normalized spacial score (nSPS) is 32.7. The summed E-state index contributed by atoms with van der Waals surface area (Å²) in [6, 6.07) is 6.44. The van der Waals surface area contributed by atoms with E-state index in [0.29, 0.717) is 39.2 Å². The molecule has 4 aliphatic rings. The Morgan fingerprint density at radius 2 is 1.93 bits per heavy atom. The summed E-state index contributed by atoms with van der Waals surface area (Å²) in [5, 5.41) is 27.4. The van der Waals surface area contributed by atoms with Crippen molar-refractivity contribution in [3.63, 3.8) is 0 Å². The number of carbonyl (C=O) groups excluding carboxylic acids is 3. The second-order valence-corrected chi connectivity index (χ2v) is 12.0. The molecule has 0 saturated carbocycles. The highest BCUT2D eigenvalue weighted by atomic mass is 16.5. The molecule has 42 heavy (non-hydrogen) atoms. The first kappa shape index (κ1) is 30.5. The third-order valence-corrected chi connectivity index (χ3v) is 8.40. The van der Waals surface area contributed by atoms with Gasteiger partial charge in [-0.05, 0) is 38.0 Å². The molecule has 4 fully saturated rings. The number of hydrogen-bond acceptors (Lipinski definition) is 9. The molecular formula is C29H43N5O8. The molecule has 0 aliphatic carbocycles. The summed E-state index contributed by atoms with van der Waals surface area (Å²) in [6.07, 6.45) is -4.55. The number of rotatable bonds is 4. The molecule has 4 aliphatic heterocycles. The number of nitrogens with zero attached hydrogens (tertiary/aromatic N) is 3. The minimum Gasteiger partial charge on any atom is -0.497 e. The van der Waals surface area contributed by atoms with Gasteiger partial charge in [-0.2, -0.15) is 0 Å². The number of morpholine rings is 1. The Morgan fingerprint density at radius 1 is 1.14 bits per heavy atom. The molecule has 0 aromatic heterocycles. The first-order valence-corrected chi connectivity index (χ1v) is 14.7. The second-order valence-electron chi connectivity index (χ2n) is 12.0. The minimum absolute atomic E-state index is 0.0116. The summed E-state index contributed by atoms with van der Waals surface area (Å²) in [6.45, 7) is 5.85. The number of hydrogen-bond donors (Lipinski definition) is 4. The number of likely N-dealkylation sites (tertiary alicyclic amines) is 1. The summed E-state index contributed by atoms with van der Waals surface area (Å²) < 4.78 is 17.3. The van der Waals surface area contributed by atoms with Crippen LogP contribution in [0.5, 0.6) is 5.75 Å². The van der Waals surface area contributed by atoms with Gasteiger partial charge in [0.05, 0.1) is 51.5 Å². The second kappa shape index (κ2) is 13.1. The molecule has 0 radical (unpaired) electrons. The van der Waals surface area contributed by atoms with E-state index in [2.05, 4.69) is 15.5 Å². The van der Waals surface area contributed by atoms with Gasteiger partial charge in [0.15, 0.2) is 0 Å². The maximum atomic E-state index is 14.0. The van der Waals surface area contributed by atoms with Crippen molar-refractivity contribution in [1.29, 1.82) is 0 Å². The lowest BCUT2D eigenvalue weighted by molar-refractivity contribution is -0.144. The lowest BCUT2D eigenvalue weighted by atomic mass is 10.0. The standard InChI is InChI=1S/C29H43N5O8/c1-17(2)30-29(39)34-15-21-14-32(7-8-41-21)28(38)22-10-19(13-33(22)12-18-5-4-6-20(9-18)40-3)31-25(35)11-23-26(36)27(37)24(16-34)42-23/h4-6,9,17,19,21-24,26-27,36-37H,7-8,10-16H2,1-3H3,(H,30,39)(H,31,35)/t19-,21-,22-,23-,24+,26-,27+/m0/s1. The van der Waals surface area contributed by atoms with E-state index < -0.39 is 36.6 Å². The van der Waals surface area contributed by atoms with E-state index in [9.17, 15) is 24.6 Å². The first-order valence-electron chi connectivity index (χ1n) is 14.7. The maximum absolute atomic E-state index is 14.0. The summed E-state index contributed by atoms with van der Waals surface area (Å²) in [4.78, 5) is 45.6. The zero-order chi connectivity index (χ0) is 30.0. The Hall–Kier alpha value is -2.97. The maximum Gasteiger partial charge on any atom is 0.317 e. The van der Waals surface area contributed by atoms with Gasteiger partial charge in [-0.15, -0.1) is 0 Å². The molecule has 0 unspecified atom stereocenters. The molecule has 7 atom stereocenters. The molecule has 4 saturated heterocycles. The van der Waals surface area contributed by atoms with E-state index in [0.717, 1.165) is 11.3 Å². The van der Waals surface area contributed by atoms with Gasteiger partial charge in [-0.1, -0.05) is 12.1 Å². The van der Waals surface area contributed by atoms with Crippen molar-refractivity contribution in [1.82, 2.24) is 25.3 Å². The molecule has 5 rings (SSSR count). The van der Waals surface area contributed by atoms with Crippen LogP contribution in [0, 0.1) is 0 Å². The Morgan fingerprint density at radius 3 is 2.69 bits per heavy atom. The number of ether oxygens (including phenoxy) is 3. The van der Waals surface area contributed by atoms with Crippen LogP contribution in [-0.4, -0.2) is 138 Å². The van der Waals surface area contributed by atoms with Gasteiger partial charge in [0.2, 0.25) is 11.8 Å². The molecule has 4 heterocycles. The highest BCUT2D eigenvalue weighted by Gasteiger charge is 2.46. The minimum atomic E-state index is -1.28. The SMILES string of the molecule is COc1cccc(CN2C[C@@H]3C[C@H]2C(=O)N2CCO[C@H](CN(C(=O)NC(C)C)C[C@H]4O[C@@H](CC(=O)N3)[C@H](O)[C@@H]4O)C2)c1. The van der Waals surface area contributed by atoms with Crippen LogP contribution in [-0.2, 0) is 25.6 Å². The summed E-state index contributed by atoms with van der Waals surface area (Å²) in [5.41, 5.74) is 0.985. The van der Waals surface area contributed by atoms with Crippen LogP contribution in [0.1, 0.15) is 32.3 Å². The number of fused-ring (bicyclic) bond motifs is 6. The van der Waals surface area contributed by atoms with Gasteiger partial charge < -0.3 is 44.9 Å². The molecule has 4 amide bonds. The molecule has 0 spiro atoms. The van der Waals surface area contributed by atoms with E-state index in [1.54, 1.807) is 12.0 Å². The van der Waals surface area contributed by atoms with Crippen LogP contribution in [0.25, 0.3) is 0 Å². The average molecular weight is 590 g/mol.